The fourth-order valence-electron chi connectivity index (χ4n) is 11.9. The Morgan fingerprint density at radius 3 is 1.78 bits per heavy atom. The molecule has 2 bridgehead atoms. The Morgan fingerprint density at radius 2 is 1.07 bits per heavy atom. The zero-order valence-corrected chi connectivity index (χ0v) is 34.7. The lowest BCUT2D eigenvalue weighted by molar-refractivity contribution is 0.420. The van der Waals surface area contributed by atoms with Crippen molar-refractivity contribution in [3.8, 4) is 44.5 Å². The van der Waals surface area contributed by atoms with Crippen molar-refractivity contribution in [1.29, 1.82) is 0 Å². The van der Waals surface area contributed by atoms with Gasteiger partial charge in [0.2, 0.25) is 0 Å². The molecule has 1 heteroatoms. The normalized spacial score (nSPS) is 20.3. The largest absolute Gasteiger partial charge is 0.310 e. The Kier molecular flexibility index (Phi) is 9.18. The second-order valence-corrected chi connectivity index (χ2v) is 18.7. The Balaban J connectivity index is 1.07. The topological polar surface area (TPSA) is 3.24 Å². The molecule has 4 aliphatic carbocycles. The third-order valence-electron chi connectivity index (χ3n) is 15.0. The van der Waals surface area contributed by atoms with Crippen LogP contribution in [0.4, 0.5) is 17.1 Å². The maximum Gasteiger partial charge on any atom is 0.0543 e. The van der Waals surface area contributed by atoms with Gasteiger partial charge in [0.15, 0.2) is 0 Å². The highest BCUT2D eigenvalue weighted by Crippen LogP contribution is 2.55. The lowest BCUT2D eigenvalue weighted by atomic mass is 9.81. The van der Waals surface area contributed by atoms with Gasteiger partial charge < -0.3 is 4.90 Å². The summed E-state index contributed by atoms with van der Waals surface area (Å²) in [6.07, 6.45) is 12.3. The van der Waals surface area contributed by atoms with E-state index in [0.29, 0.717) is 11.8 Å². The second kappa shape index (κ2) is 14.9. The molecule has 3 unspecified atom stereocenters. The van der Waals surface area contributed by atoms with E-state index in [0.717, 1.165) is 11.8 Å². The van der Waals surface area contributed by atoms with Crippen LogP contribution in [-0.2, 0) is 5.41 Å². The zero-order valence-electron chi connectivity index (χ0n) is 34.7. The summed E-state index contributed by atoms with van der Waals surface area (Å²) >= 11 is 0. The summed E-state index contributed by atoms with van der Waals surface area (Å²) in [6, 6.07) is 62.6. The number of rotatable bonds is 8. The van der Waals surface area contributed by atoms with Crippen molar-refractivity contribution in [2.24, 2.45) is 11.8 Å². The van der Waals surface area contributed by atoms with Gasteiger partial charge in [0.25, 0.3) is 0 Å². The highest BCUT2D eigenvalue weighted by Gasteiger charge is 2.40. The lowest BCUT2D eigenvalue weighted by Crippen LogP contribution is -2.17. The molecule has 3 saturated carbocycles. The number of nitrogens with zero attached hydrogens (tertiary/aromatic N) is 1. The molecule has 3 fully saturated rings. The number of fused-ring (bicyclic) bond motifs is 5. The minimum Gasteiger partial charge on any atom is -0.310 e. The average Bonchev–Trinajstić information content (AvgIpc) is 4.00. The molecule has 59 heavy (non-hydrogen) atoms. The maximum atomic E-state index is 2.56. The quantitative estimate of drug-likeness (QED) is 0.149. The summed E-state index contributed by atoms with van der Waals surface area (Å²) in [5.41, 5.74) is 19.7. The number of benzene rings is 7. The van der Waals surface area contributed by atoms with Gasteiger partial charge in [-0.3, -0.25) is 0 Å². The van der Waals surface area contributed by atoms with Crippen LogP contribution in [0.3, 0.4) is 0 Å². The van der Waals surface area contributed by atoms with Gasteiger partial charge in [0.05, 0.1) is 5.69 Å². The molecule has 4 aliphatic rings. The lowest BCUT2D eigenvalue weighted by Gasteiger charge is -2.31. The molecule has 0 N–H and O–H groups in total. The van der Waals surface area contributed by atoms with E-state index >= 15 is 0 Å². The summed E-state index contributed by atoms with van der Waals surface area (Å²) in [7, 11) is 0. The monoisotopic (exact) mass is 765 g/mol. The first kappa shape index (κ1) is 36.4. The molecule has 0 aliphatic heterocycles. The fourth-order valence-corrected chi connectivity index (χ4v) is 11.9. The number of anilines is 3. The first-order valence-electron chi connectivity index (χ1n) is 22.5. The van der Waals surface area contributed by atoms with Gasteiger partial charge in [-0.25, -0.2) is 0 Å². The van der Waals surface area contributed by atoms with E-state index in [9.17, 15) is 0 Å². The standard InChI is InChI=1S/C58H55N/c1-58(2)55-20-12-11-19-51(55)54-37-53(45-25-23-41(24-26-45)40-13-5-3-6-14-40)57(38-56(54)58)59(48-33-29-44(30-34-48)52-36-39-21-22-46(52)35-39)47-31-27-43(28-32-47)50-18-10-9-17-49(50)42-15-7-4-8-16-42/h3,5-6,9-14,17-20,23-34,37-39,42,46,52H,4,7-8,15-16,21-22,35-36H2,1-2H3. The van der Waals surface area contributed by atoms with Crippen LogP contribution in [0.1, 0.15) is 106 Å². The van der Waals surface area contributed by atoms with Gasteiger partial charge >= 0.3 is 0 Å². The van der Waals surface area contributed by atoms with Crippen LogP contribution in [0.15, 0.2) is 164 Å². The molecule has 7 aromatic rings. The van der Waals surface area contributed by atoms with Gasteiger partial charge in [0.1, 0.15) is 0 Å². The summed E-state index contributed by atoms with van der Waals surface area (Å²) in [5, 5.41) is 0. The van der Waals surface area contributed by atoms with Gasteiger partial charge in [-0.15, -0.1) is 0 Å². The molecule has 1 nitrogen and oxygen atoms in total. The van der Waals surface area contributed by atoms with Crippen LogP contribution in [0.5, 0.6) is 0 Å². The van der Waals surface area contributed by atoms with Gasteiger partial charge in [-0.05, 0) is 153 Å². The first-order valence-corrected chi connectivity index (χ1v) is 22.5. The van der Waals surface area contributed by atoms with Crippen molar-refractivity contribution in [2.45, 2.75) is 88.9 Å². The predicted molar refractivity (Wildman–Crippen MR) is 249 cm³/mol. The van der Waals surface area contributed by atoms with Gasteiger partial charge in [-0.1, -0.05) is 167 Å². The molecule has 7 aromatic carbocycles. The van der Waals surface area contributed by atoms with Crippen LogP contribution in [0.2, 0.25) is 0 Å². The molecule has 0 heterocycles. The number of hydrogen-bond acceptors (Lipinski definition) is 1. The van der Waals surface area contributed by atoms with Crippen molar-refractivity contribution in [2.75, 3.05) is 4.90 Å². The van der Waals surface area contributed by atoms with Gasteiger partial charge in [0, 0.05) is 22.4 Å². The highest BCUT2D eigenvalue weighted by atomic mass is 15.1. The zero-order chi connectivity index (χ0) is 39.5. The van der Waals surface area contributed by atoms with E-state index in [2.05, 4.69) is 183 Å². The molecule has 11 rings (SSSR count). The minimum absolute atomic E-state index is 0.125. The van der Waals surface area contributed by atoms with Crippen LogP contribution in [0.25, 0.3) is 44.5 Å². The fraction of sp³-hybridized carbons (Fsp3) is 0.276. The Morgan fingerprint density at radius 1 is 0.458 bits per heavy atom. The molecule has 292 valence electrons. The summed E-state index contributed by atoms with van der Waals surface area (Å²) in [4.78, 5) is 2.56. The van der Waals surface area contributed by atoms with E-state index in [1.165, 1.54) is 142 Å². The van der Waals surface area contributed by atoms with E-state index in [-0.39, 0.29) is 5.41 Å². The number of hydrogen-bond donors (Lipinski definition) is 0. The van der Waals surface area contributed by atoms with Crippen LogP contribution in [-0.4, -0.2) is 0 Å². The predicted octanol–water partition coefficient (Wildman–Crippen LogP) is 16.4. The smallest absolute Gasteiger partial charge is 0.0543 e. The Bertz CT molecular complexity index is 2610. The maximum absolute atomic E-state index is 2.56. The molecular formula is C58H55N. The average molecular weight is 766 g/mol. The Hall–Kier alpha value is -5.66. The molecule has 0 radical (unpaired) electrons. The van der Waals surface area contributed by atoms with Crippen LogP contribution >= 0.6 is 0 Å². The third-order valence-corrected chi connectivity index (χ3v) is 15.0. The minimum atomic E-state index is -0.125. The summed E-state index contributed by atoms with van der Waals surface area (Å²) in [5.74, 6) is 3.15. The molecule has 0 saturated heterocycles. The van der Waals surface area contributed by atoms with Crippen molar-refractivity contribution >= 4 is 17.1 Å². The van der Waals surface area contributed by atoms with E-state index in [4.69, 9.17) is 0 Å². The highest BCUT2D eigenvalue weighted by molar-refractivity contribution is 5.95. The third kappa shape index (κ3) is 6.46. The van der Waals surface area contributed by atoms with Crippen molar-refractivity contribution < 1.29 is 0 Å². The SMILES string of the molecule is CC1(C)c2ccccc2-c2cc(-c3ccc(-c4ccccc4)cc3)c(N(c3ccc(-c4ccccc4C4CCCCC4)cc3)c3ccc(C4CC5CCC4C5)cc3)cc21. The van der Waals surface area contributed by atoms with Crippen molar-refractivity contribution in [3.05, 3.63) is 186 Å². The molecular weight excluding hydrogens is 711 g/mol. The van der Waals surface area contributed by atoms with E-state index < -0.39 is 0 Å². The van der Waals surface area contributed by atoms with Gasteiger partial charge in [-0.2, -0.15) is 0 Å². The van der Waals surface area contributed by atoms with Crippen molar-refractivity contribution in [1.82, 2.24) is 0 Å². The van der Waals surface area contributed by atoms with Crippen molar-refractivity contribution in [3.63, 3.8) is 0 Å². The van der Waals surface area contributed by atoms with Crippen LogP contribution < -0.4 is 4.90 Å². The van der Waals surface area contributed by atoms with E-state index in [1.807, 2.05) is 0 Å². The van der Waals surface area contributed by atoms with E-state index in [1.54, 1.807) is 0 Å². The summed E-state index contributed by atoms with van der Waals surface area (Å²) in [6.45, 7) is 4.81. The molecule has 3 atom stereocenters. The molecule has 0 spiro atoms. The molecule has 0 amide bonds. The molecule has 0 aromatic heterocycles. The second-order valence-electron chi connectivity index (χ2n) is 18.7. The Labute approximate surface area is 351 Å². The first-order chi connectivity index (χ1) is 29.0. The van der Waals surface area contributed by atoms with Crippen LogP contribution in [0, 0.1) is 11.8 Å². The summed E-state index contributed by atoms with van der Waals surface area (Å²) < 4.78 is 0.